The second-order valence-electron chi connectivity index (χ2n) is 8.09. The standard InChI is InChI=1S/C22H28FNO6/c1-11(2)24-15-9-14-6-5-7-17(25)21(28)20(27)16(23)8-12(3)13(4)30-22(29)19(14)18(26)10-15/h9-13,16,24,26H,5-8H2,1-4H3/t12-,13+,16?/m1/s1. The van der Waals surface area contributed by atoms with E-state index in [-0.39, 0.29) is 43.0 Å². The first kappa shape index (κ1) is 23.5. The van der Waals surface area contributed by atoms with Crippen LogP contribution in [0.4, 0.5) is 10.1 Å². The maximum absolute atomic E-state index is 14.2. The van der Waals surface area contributed by atoms with E-state index >= 15 is 0 Å². The van der Waals surface area contributed by atoms with Crippen LogP contribution in [0.5, 0.6) is 5.75 Å². The van der Waals surface area contributed by atoms with Crippen LogP contribution in [0.2, 0.25) is 0 Å². The van der Waals surface area contributed by atoms with Crippen LogP contribution in [0.1, 0.15) is 62.9 Å². The SMILES string of the molecule is CC(C)Nc1cc(O)c2c(c1)CCCC(=O)C(=O)C(=O)C(F)C[C@@H](C)[C@H](C)OC2=O. The van der Waals surface area contributed by atoms with Crippen LogP contribution in [0.3, 0.4) is 0 Å². The summed E-state index contributed by atoms with van der Waals surface area (Å²) in [5.74, 6) is -5.28. The number of esters is 1. The molecule has 1 aromatic carbocycles. The third-order valence-electron chi connectivity index (χ3n) is 5.14. The molecule has 2 N–H and O–H groups in total. The number of phenols is 1. The number of fused-ring (bicyclic) bond motifs is 1. The summed E-state index contributed by atoms with van der Waals surface area (Å²) in [5.41, 5.74) is 1.02. The number of ether oxygens (including phenoxy) is 1. The number of hydrogen-bond donors (Lipinski definition) is 2. The summed E-state index contributed by atoms with van der Waals surface area (Å²) in [4.78, 5) is 48.7. The predicted molar refractivity (Wildman–Crippen MR) is 108 cm³/mol. The van der Waals surface area contributed by atoms with Gasteiger partial charge in [-0.25, -0.2) is 9.18 Å². The average molecular weight is 421 g/mol. The van der Waals surface area contributed by atoms with Crippen molar-refractivity contribution in [3.05, 3.63) is 23.3 Å². The Bertz CT molecular complexity index is 850. The Morgan fingerprint density at radius 1 is 1.13 bits per heavy atom. The summed E-state index contributed by atoms with van der Waals surface area (Å²) in [5, 5.41) is 13.6. The van der Waals surface area contributed by atoms with E-state index in [2.05, 4.69) is 5.32 Å². The minimum Gasteiger partial charge on any atom is -0.507 e. The average Bonchev–Trinajstić information content (AvgIpc) is 2.64. The van der Waals surface area contributed by atoms with E-state index < -0.39 is 41.5 Å². The zero-order valence-corrected chi connectivity index (χ0v) is 17.7. The number of Topliss-reactive ketones (excluding diaryl/α,β-unsaturated/α-hetero) is 3. The van der Waals surface area contributed by atoms with Gasteiger partial charge >= 0.3 is 5.97 Å². The smallest absolute Gasteiger partial charge is 0.342 e. The Balaban J connectivity index is 2.43. The third kappa shape index (κ3) is 5.64. The maximum atomic E-state index is 14.2. The summed E-state index contributed by atoms with van der Waals surface area (Å²) in [6, 6.07) is 3.18. The Labute approximate surface area is 175 Å². The number of hydrogen-bond acceptors (Lipinski definition) is 7. The number of halogens is 1. The van der Waals surface area contributed by atoms with Gasteiger partial charge in [-0.15, -0.1) is 0 Å². The molecule has 0 aromatic heterocycles. The van der Waals surface area contributed by atoms with Gasteiger partial charge in [-0.1, -0.05) is 6.92 Å². The molecular formula is C22H28FNO6. The first-order valence-corrected chi connectivity index (χ1v) is 10.1. The van der Waals surface area contributed by atoms with E-state index in [1.807, 2.05) is 13.8 Å². The molecule has 30 heavy (non-hydrogen) atoms. The van der Waals surface area contributed by atoms with Crippen LogP contribution >= 0.6 is 0 Å². The van der Waals surface area contributed by atoms with Crippen LogP contribution in [0.15, 0.2) is 12.1 Å². The number of aromatic hydroxyl groups is 1. The van der Waals surface area contributed by atoms with Crippen molar-refractivity contribution in [2.75, 3.05) is 5.32 Å². The van der Waals surface area contributed by atoms with Crippen molar-refractivity contribution in [3.63, 3.8) is 0 Å². The van der Waals surface area contributed by atoms with E-state index in [1.165, 1.54) is 6.07 Å². The summed E-state index contributed by atoms with van der Waals surface area (Å²) >= 11 is 0. The number of carbonyl (C=O) groups is 4. The molecule has 164 valence electrons. The lowest BCUT2D eigenvalue weighted by Crippen LogP contribution is -2.34. The summed E-state index contributed by atoms with van der Waals surface area (Å²) in [6.45, 7) is 6.95. The molecular weight excluding hydrogens is 393 g/mol. The molecule has 0 fully saturated rings. The van der Waals surface area contributed by atoms with Crippen LogP contribution in [0, 0.1) is 5.92 Å². The summed E-state index contributed by atoms with van der Waals surface area (Å²) in [7, 11) is 0. The first-order valence-electron chi connectivity index (χ1n) is 10.1. The van der Waals surface area contributed by atoms with Gasteiger partial charge in [-0.2, -0.15) is 0 Å². The number of aryl methyl sites for hydroxylation is 1. The maximum Gasteiger partial charge on any atom is 0.342 e. The lowest BCUT2D eigenvalue weighted by molar-refractivity contribution is -0.146. The van der Waals surface area contributed by atoms with Gasteiger partial charge in [0.05, 0.1) is 0 Å². The molecule has 0 spiro atoms. The topological polar surface area (TPSA) is 110 Å². The number of phenolic OH excluding ortho intramolecular Hbond substituents is 1. The lowest BCUT2D eigenvalue weighted by atomic mass is 9.93. The van der Waals surface area contributed by atoms with Crippen molar-refractivity contribution in [2.45, 2.75) is 71.7 Å². The fourth-order valence-corrected chi connectivity index (χ4v) is 3.34. The summed E-state index contributed by atoms with van der Waals surface area (Å²) in [6.07, 6.45) is -3.21. The second-order valence-corrected chi connectivity index (χ2v) is 8.09. The van der Waals surface area contributed by atoms with Gasteiger partial charge in [0.15, 0.2) is 6.17 Å². The molecule has 0 bridgehead atoms. The highest BCUT2D eigenvalue weighted by molar-refractivity contribution is 6.64. The molecule has 7 nitrogen and oxygen atoms in total. The number of nitrogens with one attached hydrogen (secondary N) is 1. The normalized spacial score (nSPS) is 24.3. The molecule has 0 radical (unpaired) electrons. The van der Waals surface area contributed by atoms with E-state index in [1.54, 1.807) is 19.9 Å². The molecule has 0 saturated heterocycles. The zero-order chi connectivity index (χ0) is 22.6. The van der Waals surface area contributed by atoms with Crippen LogP contribution in [-0.4, -0.2) is 46.7 Å². The van der Waals surface area contributed by atoms with Crippen LogP contribution in [0.25, 0.3) is 0 Å². The number of carbonyl (C=O) groups excluding carboxylic acids is 4. The quantitative estimate of drug-likeness (QED) is 0.557. The van der Waals surface area contributed by atoms with Crippen molar-refractivity contribution >= 4 is 29.0 Å². The van der Waals surface area contributed by atoms with Gasteiger partial charge in [0.2, 0.25) is 11.6 Å². The van der Waals surface area contributed by atoms with Crippen molar-refractivity contribution in [3.8, 4) is 5.75 Å². The second kappa shape index (κ2) is 9.82. The molecule has 0 amide bonds. The van der Waals surface area contributed by atoms with Gasteiger partial charge in [0, 0.05) is 24.2 Å². The van der Waals surface area contributed by atoms with Gasteiger partial charge in [0.1, 0.15) is 17.4 Å². The molecule has 1 aliphatic rings. The van der Waals surface area contributed by atoms with Gasteiger partial charge in [0.25, 0.3) is 5.78 Å². The molecule has 0 saturated carbocycles. The van der Waals surface area contributed by atoms with E-state index in [0.29, 0.717) is 11.3 Å². The first-order chi connectivity index (χ1) is 14.0. The minimum absolute atomic E-state index is 0.0212. The molecule has 1 unspecified atom stereocenters. The molecule has 1 heterocycles. The molecule has 1 aromatic rings. The number of benzene rings is 1. The molecule has 3 atom stereocenters. The number of cyclic esters (lactones) is 1. The fraction of sp³-hybridized carbons (Fsp3) is 0.545. The zero-order valence-electron chi connectivity index (χ0n) is 17.7. The molecule has 1 aliphatic heterocycles. The van der Waals surface area contributed by atoms with E-state index in [9.17, 15) is 28.7 Å². The number of rotatable bonds is 2. The minimum atomic E-state index is -2.13. The van der Waals surface area contributed by atoms with Crippen molar-refractivity contribution in [1.82, 2.24) is 0 Å². The van der Waals surface area contributed by atoms with Crippen LogP contribution < -0.4 is 5.32 Å². The number of ketones is 3. The predicted octanol–water partition coefficient (Wildman–Crippen LogP) is 3.17. The van der Waals surface area contributed by atoms with Gasteiger partial charge in [-0.3, -0.25) is 14.4 Å². The van der Waals surface area contributed by atoms with E-state index in [0.717, 1.165) is 0 Å². The van der Waals surface area contributed by atoms with E-state index in [4.69, 9.17) is 4.74 Å². The molecule has 2 rings (SSSR count). The Kier molecular flexibility index (Phi) is 7.70. The largest absolute Gasteiger partial charge is 0.507 e. The summed E-state index contributed by atoms with van der Waals surface area (Å²) < 4.78 is 19.7. The van der Waals surface area contributed by atoms with Gasteiger partial charge in [-0.05, 0) is 57.6 Å². The Morgan fingerprint density at radius 2 is 1.80 bits per heavy atom. The van der Waals surface area contributed by atoms with Gasteiger partial charge < -0.3 is 15.2 Å². The highest BCUT2D eigenvalue weighted by Gasteiger charge is 2.33. The van der Waals surface area contributed by atoms with Crippen LogP contribution in [-0.2, 0) is 25.5 Å². The number of alkyl halides is 1. The Morgan fingerprint density at radius 3 is 2.43 bits per heavy atom. The highest BCUT2D eigenvalue weighted by atomic mass is 19.1. The Hall–Kier alpha value is -2.77. The van der Waals surface area contributed by atoms with Crippen molar-refractivity contribution in [2.24, 2.45) is 5.92 Å². The monoisotopic (exact) mass is 421 g/mol. The molecule has 8 heteroatoms. The molecule has 0 aliphatic carbocycles. The van der Waals surface area contributed by atoms with Crippen molar-refractivity contribution < 1.29 is 33.4 Å². The third-order valence-corrected chi connectivity index (χ3v) is 5.14. The fourth-order valence-electron chi connectivity index (χ4n) is 3.34. The highest BCUT2D eigenvalue weighted by Crippen LogP contribution is 2.30. The lowest BCUT2D eigenvalue weighted by Gasteiger charge is -2.23. The van der Waals surface area contributed by atoms with Crippen molar-refractivity contribution in [1.29, 1.82) is 0 Å². The number of anilines is 1.